The molecule has 0 saturated heterocycles. The fourth-order valence-electron chi connectivity index (χ4n) is 2.40. The van der Waals surface area contributed by atoms with Gasteiger partial charge in [-0.15, -0.1) is 0 Å². The van der Waals surface area contributed by atoms with Crippen LogP contribution in [0.2, 0.25) is 15.1 Å². The Kier molecular flexibility index (Phi) is 8.48. The second-order valence-corrected chi connectivity index (χ2v) is 9.93. The van der Waals surface area contributed by atoms with Crippen molar-refractivity contribution in [3.8, 4) is 0 Å². The fraction of sp³-hybridized carbons (Fsp3) is 0.278. The van der Waals surface area contributed by atoms with Gasteiger partial charge in [0.25, 0.3) is 0 Å². The maximum absolute atomic E-state index is 12.8. The van der Waals surface area contributed by atoms with Crippen molar-refractivity contribution >= 4 is 68.2 Å². The summed E-state index contributed by atoms with van der Waals surface area (Å²) in [5.74, 6) is 0.116. The zero-order valence-corrected chi connectivity index (χ0v) is 19.0. The third-order valence-corrected chi connectivity index (χ3v) is 6.92. The number of nitrogens with one attached hydrogen (secondary N) is 2. The van der Waals surface area contributed by atoms with Gasteiger partial charge in [0.15, 0.2) is 0 Å². The smallest absolute Gasteiger partial charge is 0.242 e. The van der Waals surface area contributed by atoms with E-state index in [9.17, 15) is 13.2 Å². The van der Waals surface area contributed by atoms with E-state index in [2.05, 4.69) is 10.0 Å². The van der Waals surface area contributed by atoms with Gasteiger partial charge in [-0.1, -0.05) is 34.8 Å². The highest BCUT2D eigenvalue weighted by Crippen LogP contribution is 2.26. The van der Waals surface area contributed by atoms with Gasteiger partial charge < -0.3 is 5.32 Å². The molecule has 0 aliphatic carbocycles. The Morgan fingerprint density at radius 3 is 2.39 bits per heavy atom. The van der Waals surface area contributed by atoms with Gasteiger partial charge in [0.1, 0.15) is 10.9 Å². The van der Waals surface area contributed by atoms with Crippen molar-refractivity contribution in [2.75, 3.05) is 17.3 Å². The molecule has 2 N–H and O–H groups in total. The zero-order valence-electron chi connectivity index (χ0n) is 15.1. The van der Waals surface area contributed by atoms with Crippen LogP contribution in [0.15, 0.2) is 41.3 Å². The summed E-state index contributed by atoms with van der Waals surface area (Å²) < 4.78 is 28.0. The van der Waals surface area contributed by atoms with Crippen molar-refractivity contribution in [1.29, 1.82) is 0 Å². The topological polar surface area (TPSA) is 75.3 Å². The van der Waals surface area contributed by atoms with Gasteiger partial charge in [-0.3, -0.25) is 4.79 Å². The van der Waals surface area contributed by atoms with Crippen molar-refractivity contribution in [2.24, 2.45) is 0 Å². The molecule has 2 aromatic rings. The third kappa shape index (κ3) is 6.27. The van der Waals surface area contributed by atoms with Crippen LogP contribution in [-0.4, -0.2) is 32.4 Å². The highest BCUT2D eigenvalue weighted by molar-refractivity contribution is 7.98. The second-order valence-electron chi connectivity index (χ2n) is 5.98. The summed E-state index contributed by atoms with van der Waals surface area (Å²) in [4.78, 5) is 12.6. The number of anilines is 1. The lowest BCUT2D eigenvalue weighted by Gasteiger charge is -2.19. The Bertz CT molecular complexity index is 969. The van der Waals surface area contributed by atoms with Crippen molar-refractivity contribution in [3.05, 3.63) is 57.0 Å². The number of aryl methyl sites for hydroxylation is 1. The van der Waals surface area contributed by atoms with Crippen LogP contribution in [-0.2, 0) is 14.8 Å². The van der Waals surface area contributed by atoms with E-state index in [0.717, 1.165) is 5.56 Å². The maximum atomic E-state index is 12.8. The van der Waals surface area contributed by atoms with Gasteiger partial charge in [0, 0.05) is 15.7 Å². The summed E-state index contributed by atoms with van der Waals surface area (Å²) in [6.45, 7) is 1.80. The molecule has 1 atom stereocenters. The van der Waals surface area contributed by atoms with E-state index in [1.165, 1.54) is 30.0 Å². The minimum absolute atomic E-state index is 0.0227. The number of hydrogen-bond acceptors (Lipinski definition) is 4. The molecule has 0 aromatic heterocycles. The largest absolute Gasteiger partial charge is 0.324 e. The Morgan fingerprint density at radius 1 is 1.11 bits per heavy atom. The van der Waals surface area contributed by atoms with Gasteiger partial charge in [-0.05, 0) is 67.3 Å². The van der Waals surface area contributed by atoms with E-state index in [-0.39, 0.29) is 14.9 Å². The monoisotopic (exact) mass is 480 g/mol. The van der Waals surface area contributed by atoms with E-state index in [1.807, 2.05) is 6.26 Å². The van der Waals surface area contributed by atoms with Crippen molar-refractivity contribution in [2.45, 2.75) is 24.3 Å². The molecule has 5 nitrogen and oxygen atoms in total. The minimum atomic E-state index is -4.05. The first kappa shape index (κ1) is 23.3. The van der Waals surface area contributed by atoms with Crippen LogP contribution >= 0.6 is 46.6 Å². The van der Waals surface area contributed by atoms with Gasteiger partial charge in [-0.25, -0.2) is 8.42 Å². The van der Waals surface area contributed by atoms with Crippen molar-refractivity contribution in [1.82, 2.24) is 4.72 Å². The van der Waals surface area contributed by atoms with Crippen molar-refractivity contribution < 1.29 is 13.2 Å². The first-order chi connectivity index (χ1) is 13.1. The molecule has 0 heterocycles. The standard InChI is InChI=1S/C18H19Cl3N2O3S2/c1-11-9-12(19)4-6-15(11)22-18(24)16(7-8-27-2)23-28(25,26)17-10-13(20)3-5-14(17)21/h3-6,9-10,16,23H,7-8H2,1-2H3,(H,22,24). The molecule has 0 aliphatic heterocycles. The van der Waals surface area contributed by atoms with Crippen LogP contribution in [0, 0.1) is 6.92 Å². The van der Waals surface area contributed by atoms with E-state index >= 15 is 0 Å². The quantitative estimate of drug-likeness (QED) is 0.557. The predicted molar refractivity (Wildman–Crippen MR) is 118 cm³/mol. The highest BCUT2D eigenvalue weighted by Gasteiger charge is 2.27. The summed E-state index contributed by atoms with van der Waals surface area (Å²) in [7, 11) is -4.05. The molecule has 1 amide bonds. The summed E-state index contributed by atoms with van der Waals surface area (Å²) in [5.41, 5.74) is 1.33. The SMILES string of the molecule is CSCCC(NS(=O)(=O)c1cc(Cl)ccc1Cl)C(=O)Nc1ccc(Cl)cc1C. The molecule has 152 valence electrons. The molecule has 28 heavy (non-hydrogen) atoms. The number of halogens is 3. The first-order valence-electron chi connectivity index (χ1n) is 8.17. The summed E-state index contributed by atoms with van der Waals surface area (Å²) in [6.07, 6.45) is 2.18. The summed E-state index contributed by atoms with van der Waals surface area (Å²) in [6, 6.07) is 8.18. The van der Waals surface area contributed by atoms with Crippen LogP contribution in [0.25, 0.3) is 0 Å². The molecule has 0 fully saturated rings. The lowest BCUT2D eigenvalue weighted by molar-refractivity contribution is -0.117. The Labute approximate surface area is 184 Å². The van der Waals surface area contributed by atoms with Gasteiger partial charge >= 0.3 is 0 Å². The molecule has 0 radical (unpaired) electrons. The molecule has 1 unspecified atom stereocenters. The predicted octanol–water partition coefficient (Wildman–Crippen LogP) is 4.99. The number of carbonyl (C=O) groups excluding carboxylic acids is 1. The Hall–Kier alpha value is -0.960. The highest BCUT2D eigenvalue weighted by atomic mass is 35.5. The molecule has 2 rings (SSSR count). The minimum Gasteiger partial charge on any atom is -0.324 e. The summed E-state index contributed by atoms with van der Waals surface area (Å²) >= 11 is 19.4. The number of carbonyl (C=O) groups is 1. The number of thioether (sulfide) groups is 1. The van der Waals surface area contributed by atoms with Gasteiger partial charge in [0.05, 0.1) is 5.02 Å². The van der Waals surface area contributed by atoms with Crippen LogP contribution < -0.4 is 10.0 Å². The molecule has 0 bridgehead atoms. The van der Waals surface area contributed by atoms with E-state index in [4.69, 9.17) is 34.8 Å². The molecule has 10 heteroatoms. The molecule has 0 aliphatic rings. The number of hydrogen-bond donors (Lipinski definition) is 2. The fourth-order valence-corrected chi connectivity index (χ4v) is 5.09. The molecule has 0 spiro atoms. The van der Waals surface area contributed by atoms with Gasteiger partial charge in [-0.2, -0.15) is 16.5 Å². The normalized spacial score (nSPS) is 12.6. The first-order valence-corrected chi connectivity index (χ1v) is 12.2. The van der Waals surface area contributed by atoms with Crippen LogP contribution in [0.3, 0.4) is 0 Å². The Morgan fingerprint density at radius 2 is 1.75 bits per heavy atom. The zero-order chi connectivity index (χ0) is 20.9. The number of benzene rings is 2. The molecular formula is C18H19Cl3N2O3S2. The van der Waals surface area contributed by atoms with Crippen LogP contribution in [0.5, 0.6) is 0 Å². The Balaban J connectivity index is 2.27. The average Bonchev–Trinajstić information content (AvgIpc) is 2.62. The lowest BCUT2D eigenvalue weighted by atomic mass is 10.1. The molecular weight excluding hydrogens is 463 g/mol. The number of sulfonamides is 1. The molecule has 0 saturated carbocycles. The average molecular weight is 482 g/mol. The maximum Gasteiger partial charge on any atom is 0.242 e. The second kappa shape index (κ2) is 10.2. The molecule has 2 aromatic carbocycles. The number of rotatable bonds is 8. The van der Waals surface area contributed by atoms with Gasteiger partial charge in [0.2, 0.25) is 15.9 Å². The van der Waals surface area contributed by atoms with Crippen molar-refractivity contribution in [3.63, 3.8) is 0 Å². The lowest BCUT2D eigenvalue weighted by Crippen LogP contribution is -2.44. The van der Waals surface area contributed by atoms with E-state index in [0.29, 0.717) is 22.9 Å². The van der Waals surface area contributed by atoms with Crippen LogP contribution in [0.1, 0.15) is 12.0 Å². The number of amides is 1. The third-order valence-electron chi connectivity index (χ3n) is 3.85. The van der Waals surface area contributed by atoms with Crippen LogP contribution in [0.4, 0.5) is 5.69 Å². The summed E-state index contributed by atoms with van der Waals surface area (Å²) in [5, 5.41) is 3.55. The van der Waals surface area contributed by atoms with E-state index < -0.39 is 22.0 Å². The van der Waals surface area contributed by atoms with E-state index in [1.54, 1.807) is 25.1 Å².